The van der Waals surface area contributed by atoms with Crippen LogP contribution in [0.4, 0.5) is 0 Å². The molecule has 2 aromatic heterocycles. The van der Waals surface area contributed by atoms with Crippen molar-refractivity contribution in [3.63, 3.8) is 0 Å². The number of amides is 1. The summed E-state index contributed by atoms with van der Waals surface area (Å²) in [6.45, 7) is 0.297. The number of ether oxygens (including phenoxy) is 1. The maximum Gasteiger partial charge on any atom is 0.331 e. The zero-order chi connectivity index (χ0) is 16.4. The van der Waals surface area contributed by atoms with Crippen LogP contribution in [0.25, 0.3) is 0 Å². The average molecular weight is 316 g/mol. The number of carboxylic acids is 1. The standard InChI is InChI=1S/C16H16N2O5/c1-22-13-3-2-6-17-11(13)9-14(19)18-7-4-12-10(5-8-23-12)15(18)16(20)21/h2-3,5-6,8,15H,4,7,9H2,1H3,(H,20,21). The van der Waals surface area contributed by atoms with Crippen molar-refractivity contribution in [2.24, 2.45) is 0 Å². The largest absolute Gasteiger partial charge is 0.495 e. The number of hydrogen-bond acceptors (Lipinski definition) is 5. The zero-order valence-corrected chi connectivity index (χ0v) is 12.6. The second-order valence-corrected chi connectivity index (χ2v) is 5.21. The van der Waals surface area contributed by atoms with Gasteiger partial charge in [-0.15, -0.1) is 0 Å². The van der Waals surface area contributed by atoms with Crippen LogP contribution in [0.15, 0.2) is 35.1 Å². The van der Waals surface area contributed by atoms with E-state index in [2.05, 4.69) is 4.98 Å². The van der Waals surface area contributed by atoms with E-state index in [0.717, 1.165) is 0 Å². The molecule has 1 N–H and O–H groups in total. The number of nitrogens with zero attached hydrogens (tertiary/aromatic N) is 2. The van der Waals surface area contributed by atoms with Crippen molar-refractivity contribution < 1.29 is 23.8 Å². The third kappa shape index (κ3) is 2.77. The first kappa shape index (κ1) is 15.1. The van der Waals surface area contributed by atoms with E-state index in [0.29, 0.717) is 35.7 Å². The summed E-state index contributed by atoms with van der Waals surface area (Å²) in [7, 11) is 1.50. The highest BCUT2D eigenvalue weighted by Gasteiger charge is 2.37. The van der Waals surface area contributed by atoms with E-state index in [9.17, 15) is 14.7 Å². The molecule has 0 radical (unpaired) electrons. The van der Waals surface area contributed by atoms with E-state index in [1.807, 2.05) is 0 Å². The molecule has 1 atom stereocenters. The number of carbonyl (C=O) groups is 2. The average Bonchev–Trinajstić information content (AvgIpc) is 3.02. The van der Waals surface area contributed by atoms with Crippen LogP contribution in [-0.2, 0) is 22.4 Å². The Balaban J connectivity index is 1.86. The molecule has 0 fully saturated rings. The zero-order valence-electron chi connectivity index (χ0n) is 12.6. The lowest BCUT2D eigenvalue weighted by molar-refractivity contribution is -0.151. The van der Waals surface area contributed by atoms with Crippen LogP contribution in [0.2, 0.25) is 0 Å². The van der Waals surface area contributed by atoms with Crippen LogP contribution in [-0.4, -0.2) is 40.5 Å². The second kappa shape index (κ2) is 6.12. The fourth-order valence-corrected chi connectivity index (χ4v) is 2.84. The van der Waals surface area contributed by atoms with Crippen molar-refractivity contribution >= 4 is 11.9 Å². The highest BCUT2D eigenvalue weighted by molar-refractivity contribution is 5.86. The molecular weight excluding hydrogens is 300 g/mol. The predicted molar refractivity (Wildman–Crippen MR) is 79.0 cm³/mol. The van der Waals surface area contributed by atoms with Crippen molar-refractivity contribution in [2.75, 3.05) is 13.7 Å². The van der Waals surface area contributed by atoms with Crippen LogP contribution in [0.3, 0.4) is 0 Å². The lowest BCUT2D eigenvalue weighted by atomic mass is 9.98. The molecule has 7 nitrogen and oxygen atoms in total. The highest BCUT2D eigenvalue weighted by Crippen LogP contribution is 2.31. The van der Waals surface area contributed by atoms with Gasteiger partial charge in [0.1, 0.15) is 11.5 Å². The first-order chi connectivity index (χ1) is 11.1. The number of furan rings is 1. The maximum atomic E-state index is 12.6. The Morgan fingerprint density at radius 3 is 3.04 bits per heavy atom. The number of carboxylic acid groups (broad SMARTS) is 1. The summed E-state index contributed by atoms with van der Waals surface area (Å²) < 4.78 is 10.5. The normalized spacial score (nSPS) is 16.7. The lowest BCUT2D eigenvalue weighted by Gasteiger charge is -2.32. The Bertz CT molecular complexity index is 740. The summed E-state index contributed by atoms with van der Waals surface area (Å²) in [5.41, 5.74) is 1.02. The number of methoxy groups -OCH3 is 1. The van der Waals surface area contributed by atoms with Gasteiger partial charge in [0.2, 0.25) is 5.91 Å². The molecule has 0 bridgehead atoms. The Labute approximate surface area is 132 Å². The molecule has 1 aliphatic rings. The van der Waals surface area contributed by atoms with Gasteiger partial charge in [0.25, 0.3) is 0 Å². The van der Waals surface area contributed by atoms with Crippen molar-refractivity contribution in [1.29, 1.82) is 0 Å². The molecule has 0 saturated heterocycles. The number of aliphatic carboxylic acids is 1. The van der Waals surface area contributed by atoms with Gasteiger partial charge in [0, 0.05) is 24.7 Å². The predicted octanol–water partition coefficient (Wildman–Crippen LogP) is 1.44. The SMILES string of the molecule is COc1cccnc1CC(=O)N1CCc2occc2C1C(=O)O. The Kier molecular flexibility index (Phi) is 4.01. The smallest absolute Gasteiger partial charge is 0.331 e. The first-order valence-electron chi connectivity index (χ1n) is 7.18. The van der Waals surface area contributed by atoms with Gasteiger partial charge in [-0.1, -0.05) is 0 Å². The summed E-state index contributed by atoms with van der Waals surface area (Å²) in [6, 6.07) is 4.01. The van der Waals surface area contributed by atoms with E-state index in [-0.39, 0.29) is 12.3 Å². The molecular formula is C16H16N2O5. The monoisotopic (exact) mass is 316 g/mol. The van der Waals surface area contributed by atoms with Gasteiger partial charge in [0.15, 0.2) is 6.04 Å². The lowest BCUT2D eigenvalue weighted by Crippen LogP contribution is -2.43. The topological polar surface area (TPSA) is 92.9 Å². The second-order valence-electron chi connectivity index (χ2n) is 5.21. The molecule has 1 unspecified atom stereocenters. The quantitative estimate of drug-likeness (QED) is 0.917. The number of rotatable bonds is 4. The van der Waals surface area contributed by atoms with Gasteiger partial charge in [-0.05, 0) is 18.2 Å². The molecule has 0 aromatic carbocycles. The summed E-state index contributed by atoms with van der Waals surface area (Å²) in [6.07, 6.45) is 3.51. The van der Waals surface area contributed by atoms with E-state index < -0.39 is 12.0 Å². The van der Waals surface area contributed by atoms with Crippen molar-refractivity contribution in [3.8, 4) is 5.75 Å². The molecule has 120 valence electrons. The third-order valence-corrected chi connectivity index (χ3v) is 3.91. The summed E-state index contributed by atoms with van der Waals surface area (Å²) in [5.74, 6) is -0.250. The van der Waals surface area contributed by atoms with E-state index in [4.69, 9.17) is 9.15 Å². The molecule has 3 heterocycles. The van der Waals surface area contributed by atoms with Crippen LogP contribution >= 0.6 is 0 Å². The van der Waals surface area contributed by atoms with Gasteiger partial charge in [-0.3, -0.25) is 9.78 Å². The van der Waals surface area contributed by atoms with Crippen LogP contribution in [0, 0.1) is 0 Å². The van der Waals surface area contributed by atoms with E-state index in [1.165, 1.54) is 18.3 Å². The molecule has 0 aliphatic carbocycles. The number of carbonyl (C=O) groups excluding carboxylic acids is 1. The van der Waals surface area contributed by atoms with Crippen LogP contribution < -0.4 is 4.74 Å². The van der Waals surface area contributed by atoms with Gasteiger partial charge in [-0.2, -0.15) is 0 Å². The van der Waals surface area contributed by atoms with Gasteiger partial charge >= 0.3 is 5.97 Å². The Morgan fingerprint density at radius 1 is 1.48 bits per heavy atom. The molecule has 7 heteroatoms. The molecule has 1 aliphatic heterocycles. The molecule has 0 saturated carbocycles. The summed E-state index contributed by atoms with van der Waals surface area (Å²) in [4.78, 5) is 29.8. The Morgan fingerprint density at radius 2 is 2.30 bits per heavy atom. The number of fused-ring (bicyclic) bond motifs is 1. The number of pyridine rings is 1. The minimum absolute atomic E-state index is 0.0129. The molecule has 0 spiro atoms. The molecule has 3 rings (SSSR count). The van der Waals surface area contributed by atoms with E-state index in [1.54, 1.807) is 24.4 Å². The summed E-state index contributed by atoms with van der Waals surface area (Å²) in [5, 5.41) is 9.51. The van der Waals surface area contributed by atoms with Crippen molar-refractivity contribution in [2.45, 2.75) is 18.9 Å². The highest BCUT2D eigenvalue weighted by atomic mass is 16.5. The maximum absolute atomic E-state index is 12.6. The molecule has 1 amide bonds. The minimum Gasteiger partial charge on any atom is -0.495 e. The molecule has 2 aromatic rings. The Hall–Kier alpha value is -2.83. The van der Waals surface area contributed by atoms with Gasteiger partial charge in [0.05, 0.1) is 25.5 Å². The van der Waals surface area contributed by atoms with Gasteiger partial charge in [-0.25, -0.2) is 4.79 Å². The van der Waals surface area contributed by atoms with Crippen LogP contribution in [0.5, 0.6) is 5.75 Å². The van der Waals surface area contributed by atoms with Crippen molar-refractivity contribution in [3.05, 3.63) is 47.7 Å². The fraction of sp³-hybridized carbons (Fsp3) is 0.312. The fourth-order valence-electron chi connectivity index (χ4n) is 2.84. The van der Waals surface area contributed by atoms with Crippen LogP contribution in [0.1, 0.15) is 23.1 Å². The van der Waals surface area contributed by atoms with Gasteiger partial charge < -0.3 is 19.2 Å². The summed E-state index contributed by atoms with van der Waals surface area (Å²) >= 11 is 0. The number of hydrogen-bond donors (Lipinski definition) is 1. The van der Waals surface area contributed by atoms with E-state index >= 15 is 0 Å². The third-order valence-electron chi connectivity index (χ3n) is 3.91. The molecule has 23 heavy (non-hydrogen) atoms. The number of aromatic nitrogens is 1. The first-order valence-corrected chi connectivity index (χ1v) is 7.18. The van der Waals surface area contributed by atoms with Crippen molar-refractivity contribution in [1.82, 2.24) is 9.88 Å². The minimum atomic E-state index is -1.08.